The van der Waals surface area contributed by atoms with Crippen molar-refractivity contribution in [1.82, 2.24) is 5.32 Å². The van der Waals surface area contributed by atoms with Crippen LogP contribution in [-0.2, 0) is 0 Å². The van der Waals surface area contributed by atoms with Crippen molar-refractivity contribution in [1.29, 1.82) is 0 Å². The molecule has 0 spiro atoms. The largest absolute Gasteiger partial charge is 0.383 e. The van der Waals surface area contributed by atoms with Crippen LogP contribution in [0.3, 0.4) is 0 Å². The Bertz CT molecular complexity index is 717. The maximum atomic E-state index is 6.22. The second-order valence-electron chi connectivity index (χ2n) is 5.32. The highest BCUT2D eigenvalue weighted by molar-refractivity contribution is 6.07. The zero-order chi connectivity index (χ0) is 15.4. The number of amidine groups is 2. The van der Waals surface area contributed by atoms with Gasteiger partial charge >= 0.3 is 0 Å². The normalized spacial score (nSPS) is 15.5. The van der Waals surface area contributed by atoms with Crippen molar-refractivity contribution >= 4 is 11.7 Å². The number of aliphatic imine (C=N–C) groups is 2. The van der Waals surface area contributed by atoms with E-state index >= 15 is 0 Å². The summed E-state index contributed by atoms with van der Waals surface area (Å²) < 4.78 is 0. The summed E-state index contributed by atoms with van der Waals surface area (Å²) in [6, 6.07) is 16.5. The molecule has 0 aromatic heterocycles. The summed E-state index contributed by atoms with van der Waals surface area (Å²) in [5, 5.41) is 3.25. The van der Waals surface area contributed by atoms with Gasteiger partial charge < -0.3 is 11.1 Å². The van der Waals surface area contributed by atoms with Crippen LogP contribution in [0.2, 0.25) is 0 Å². The number of rotatable bonds is 2. The average molecular weight is 292 g/mol. The van der Waals surface area contributed by atoms with Crippen LogP contribution in [0.25, 0.3) is 11.1 Å². The van der Waals surface area contributed by atoms with Crippen molar-refractivity contribution in [2.75, 3.05) is 19.6 Å². The Morgan fingerprint density at radius 3 is 2.68 bits per heavy atom. The van der Waals surface area contributed by atoms with E-state index in [2.05, 4.69) is 40.4 Å². The third kappa shape index (κ3) is 3.07. The molecule has 3 N–H and O–H groups in total. The van der Waals surface area contributed by atoms with Crippen LogP contribution in [0.4, 0.5) is 0 Å². The fraction of sp³-hybridized carbons (Fsp3) is 0.222. The molecule has 0 fully saturated rings. The lowest BCUT2D eigenvalue weighted by Crippen LogP contribution is -2.31. The van der Waals surface area contributed by atoms with Crippen LogP contribution >= 0.6 is 0 Å². The first-order valence-corrected chi connectivity index (χ1v) is 7.49. The van der Waals surface area contributed by atoms with Gasteiger partial charge in [-0.2, -0.15) is 0 Å². The van der Waals surface area contributed by atoms with Gasteiger partial charge in [-0.15, -0.1) is 0 Å². The standard InChI is InChI=1S/C18H20N4/c1-13-15(14-6-3-2-4-7-14)8-5-9-16(13)18(19)22-17-12-20-10-11-21-17/h2-9,20H,10-12H2,1H3,(H2,19,21,22). The molecular weight excluding hydrogens is 272 g/mol. The highest BCUT2D eigenvalue weighted by Gasteiger charge is 2.10. The Morgan fingerprint density at radius 1 is 1.14 bits per heavy atom. The zero-order valence-electron chi connectivity index (χ0n) is 12.7. The van der Waals surface area contributed by atoms with Gasteiger partial charge in [-0.25, -0.2) is 4.99 Å². The summed E-state index contributed by atoms with van der Waals surface area (Å²) in [6.45, 7) is 4.43. The Balaban J connectivity index is 1.98. The topological polar surface area (TPSA) is 62.8 Å². The zero-order valence-corrected chi connectivity index (χ0v) is 12.7. The molecule has 2 aromatic rings. The van der Waals surface area contributed by atoms with Crippen LogP contribution < -0.4 is 11.1 Å². The van der Waals surface area contributed by atoms with Gasteiger partial charge in [0, 0.05) is 12.1 Å². The predicted molar refractivity (Wildman–Crippen MR) is 92.5 cm³/mol. The van der Waals surface area contributed by atoms with Crippen LogP contribution in [0.1, 0.15) is 11.1 Å². The molecule has 112 valence electrons. The Hall–Kier alpha value is -2.46. The molecule has 1 heterocycles. The summed E-state index contributed by atoms with van der Waals surface area (Å²) in [5.74, 6) is 1.30. The molecule has 0 aliphatic carbocycles. The van der Waals surface area contributed by atoms with E-state index in [0.29, 0.717) is 12.4 Å². The third-order valence-corrected chi connectivity index (χ3v) is 3.81. The van der Waals surface area contributed by atoms with Crippen molar-refractivity contribution in [3.63, 3.8) is 0 Å². The fourth-order valence-electron chi connectivity index (χ4n) is 2.64. The summed E-state index contributed by atoms with van der Waals surface area (Å²) in [6.07, 6.45) is 0. The van der Waals surface area contributed by atoms with Crippen LogP contribution in [0.5, 0.6) is 0 Å². The first-order chi connectivity index (χ1) is 10.8. The third-order valence-electron chi connectivity index (χ3n) is 3.81. The maximum Gasteiger partial charge on any atom is 0.139 e. The molecule has 2 aromatic carbocycles. The lowest BCUT2D eigenvalue weighted by Gasteiger charge is -2.13. The van der Waals surface area contributed by atoms with E-state index in [1.54, 1.807) is 0 Å². The molecule has 3 rings (SSSR count). The molecule has 0 saturated heterocycles. The quantitative estimate of drug-likeness (QED) is 0.659. The van der Waals surface area contributed by atoms with E-state index in [0.717, 1.165) is 30.1 Å². The number of hydrogen-bond donors (Lipinski definition) is 2. The van der Waals surface area contributed by atoms with Crippen molar-refractivity contribution in [2.24, 2.45) is 15.7 Å². The number of nitrogens with zero attached hydrogens (tertiary/aromatic N) is 2. The van der Waals surface area contributed by atoms with Gasteiger partial charge in [0.25, 0.3) is 0 Å². The van der Waals surface area contributed by atoms with Gasteiger partial charge in [0.05, 0.1) is 13.1 Å². The Labute approximate surface area is 130 Å². The summed E-state index contributed by atoms with van der Waals surface area (Å²) in [4.78, 5) is 8.88. The summed E-state index contributed by atoms with van der Waals surface area (Å²) in [7, 11) is 0. The first kappa shape index (κ1) is 14.5. The molecule has 4 nitrogen and oxygen atoms in total. The number of nitrogens with two attached hydrogens (primary N) is 1. The Morgan fingerprint density at radius 2 is 1.95 bits per heavy atom. The molecule has 0 amide bonds. The van der Waals surface area contributed by atoms with Crippen molar-refractivity contribution in [2.45, 2.75) is 6.92 Å². The lowest BCUT2D eigenvalue weighted by molar-refractivity contribution is 0.732. The maximum absolute atomic E-state index is 6.22. The SMILES string of the molecule is Cc1c(C(N)=NC2=NCCNC2)cccc1-c1ccccc1. The van der Waals surface area contributed by atoms with Gasteiger partial charge in [0.15, 0.2) is 0 Å². The Kier molecular flexibility index (Phi) is 4.30. The van der Waals surface area contributed by atoms with E-state index in [4.69, 9.17) is 5.73 Å². The minimum Gasteiger partial charge on any atom is -0.383 e. The minimum atomic E-state index is 0.526. The van der Waals surface area contributed by atoms with Crippen LogP contribution in [0, 0.1) is 6.92 Å². The summed E-state index contributed by atoms with van der Waals surface area (Å²) in [5.41, 5.74) is 10.7. The minimum absolute atomic E-state index is 0.526. The molecule has 0 atom stereocenters. The van der Waals surface area contributed by atoms with Gasteiger partial charge in [0.1, 0.15) is 11.7 Å². The van der Waals surface area contributed by atoms with E-state index in [-0.39, 0.29) is 0 Å². The second kappa shape index (κ2) is 6.54. The molecule has 1 aliphatic heterocycles. The number of hydrogen-bond acceptors (Lipinski definition) is 3. The molecule has 0 saturated carbocycles. The molecule has 1 aliphatic rings. The van der Waals surface area contributed by atoms with Crippen molar-refractivity contribution < 1.29 is 0 Å². The van der Waals surface area contributed by atoms with Gasteiger partial charge in [-0.1, -0.05) is 48.5 Å². The van der Waals surface area contributed by atoms with Gasteiger partial charge in [-0.3, -0.25) is 4.99 Å². The fourth-order valence-corrected chi connectivity index (χ4v) is 2.64. The van der Waals surface area contributed by atoms with Gasteiger partial charge in [0.2, 0.25) is 0 Å². The molecule has 0 radical (unpaired) electrons. The highest BCUT2D eigenvalue weighted by atomic mass is 15.1. The van der Waals surface area contributed by atoms with E-state index in [1.807, 2.05) is 30.3 Å². The smallest absolute Gasteiger partial charge is 0.139 e. The van der Waals surface area contributed by atoms with Crippen molar-refractivity contribution in [3.05, 3.63) is 59.7 Å². The summed E-state index contributed by atoms with van der Waals surface area (Å²) >= 11 is 0. The molecular formula is C18H20N4. The van der Waals surface area contributed by atoms with Crippen LogP contribution in [-0.4, -0.2) is 31.3 Å². The molecule has 4 heteroatoms. The second-order valence-corrected chi connectivity index (χ2v) is 5.32. The predicted octanol–water partition coefficient (Wildman–Crippen LogP) is 2.37. The monoisotopic (exact) mass is 292 g/mol. The van der Waals surface area contributed by atoms with E-state index in [1.165, 1.54) is 11.1 Å². The van der Waals surface area contributed by atoms with Gasteiger partial charge in [-0.05, 0) is 23.6 Å². The number of benzene rings is 2. The van der Waals surface area contributed by atoms with Crippen molar-refractivity contribution in [3.8, 4) is 11.1 Å². The average Bonchev–Trinajstić information content (AvgIpc) is 2.56. The number of nitrogens with one attached hydrogen (secondary N) is 1. The lowest BCUT2D eigenvalue weighted by atomic mass is 9.96. The van der Waals surface area contributed by atoms with E-state index < -0.39 is 0 Å². The van der Waals surface area contributed by atoms with Crippen LogP contribution in [0.15, 0.2) is 58.5 Å². The molecule has 0 bridgehead atoms. The first-order valence-electron chi connectivity index (χ1n) is 7.49. The highest BCUT2D eigenvalue weighted by Crippen LogP contribution is 2.25. The molecule has 0 unspecified atom stereocenters. The molecule has 22 heavy (non-hydrogen) atoms. The van der Waals surface area contributed by atoms with E-state index in [9.17, 15) is 0 Å².